The number of hydrogen-bond acceptors (Lipinski definition) is 3. The molecular weight excluding hydrogens is 324 g/mol. The number of rotatable bonds is 5. The Morgan fingerprint density at radius 2 is 2.08 bits per heavy atom. The molecule has 138 valence electrons. The first kappa shape index (κ1) is 18.6. The number of nitrogens with zero attached hydrogens (tertiary/aromatic N) is 2. The average molecular weight is 352 g/mol. The van der Waals surface area contributed by atoms with Gasteiger partial charge in [0.15, 0.2) is 0 Å². The fraction of sp³-hybridized carbons (Fsp3) is 0.455. The smallest absolute Gasteiger partial charge is 0.254 e. The molecule has 0 radical (unpaired) electrons. The topological polar surface area (TPSA) is 53.4 Å². The fourth-order valence-corrected chi connectivity index (χ4v) is 3.53. The van der Waals surface area contributed by atoms with Crippen molar-refractivity contribution >= 4 is 5.91 Å². The second kappa shape index (κ2) is 8.00. The number of piperidine rings is 1. The van der Waals surface area contributed by atoms with Gasteiger partial charge in [0.2, 0.25) is 0 Å². The molecule has 0 unspecified atom stereocenters. The molecule has 3 rings (SSSR count). The highest BCUT2D eigenvalue weighted by molar-refractivity contribution is 5.94. The van der Waals surface area contributed by atoms with Crippen LogP contribution in [0.4, 0.5) is 0 Å². The van der Waals surface area contributed by atoms with E-state index in [-0.39, 0.29) is 11.9 Å². The largest absolute Gasteiger partial charge is 0.390 e. The van der Waals surface area contributed by atoms with Crippen LogP contribution in [0.25, 0.3) is 0 Å². The summed E-state index contributed by atoms with van der Waals surface area (Å²) in [5.41, 5.74) is 2.08. The van der Waals surface area contributed by atoms with E-state index in [1.807, 2.05) is 61.2 Å². The quantitative estimate of drug-likeness (QED) is 0.879. The highest BCUT2D eigenvalue weighted by atomic mass is 16.3. The number of aromatic nitrogens is 1. The van der Waals surface area contributed by atoms with Gasteiger partial charge in [-0.2, -0.15) is 0 Å². The predicted molar refractivity (Wildman–Crippen MR) is 103 cm³/mol. The average Bonchev–Trinajstić information content (AvgIpc) is 2.66. The van der Waals surface area contributed by atoms with Crippen LogP contribution in [0.5, 0.6) is 0 Å². The second-order valence-corrected chi connectivity index (χ2v) is 7.78. The third-order valence-corrected chi connectivity index (χ3v) is 4.99. The molecule has 1 saturated heterocycles. The summed E-state index contributed by atoms with van der Waals surface area (Å²) in [6.45, 7) is 4.40. The van der Waals surface area contributed by atoms with E-state index in [4.69, 9.17) is 0 Å². The number of carbonyl (C=O) groups excluding carboxylic acids is 1. The van der Waals surface area contributed by atoms with Gasteiger partial charge in [-0.1, -0.05) is 18.2 Å². The van der Waals surface area contributed by atoms with Crippen LogP contribution in [0.2, 0.25) is 0 Å². The Labute approximate surface area is 155 Å². The SMILES string of the molecule is CC(C)(O)CCc1cccc(C(=O)N2CCCC[C@@H]2c2ccccn2)c1. The molecular formula is C22H28N2O2. The lowest BCUT2D eigenvalue weighted by Crippen LogP contribution is -2.38. The summed E-state index contributed by atoms with van der Waals surface area (Å²) in [5, 5.41) is 9.94. The number of amides is 1. The van der Waals surface area contributed by atoms with Crippen LogP contribution >= 0.6 is 0 Å². The number of aliphatic hydroxyl groups is 1. The lowest BCUT2D eigenvalue weighted by Gasteiger charge is -2.35. The molecule has 2 aromatic rings. The number of carbonyl (C=O) groups is 1. The maximum absolute atomic E-state index is 13.2. The van der Waals surface area contributed by atoms with E-state index >= 15 is 0 Å². The van der Waals surface area contributed by atoms with Gasteiger partial charge in [-0.25, -0.2) is 0 Å². The third kappa shape index (κ3) is 4.70. The van der Waals surface area contributed by atoms with E-state index in [1.54, 1.807) is 6.20 Å². The Bertz CT molecular complexity index is 737. The molecule has 1 aliphatic heterocycles. The summed E-state index contributed by atoms with van der Waals surface area (Å²) in [4.78, 5) is 19.6. The van der Waals surface area contributed by atoms with E-state index in [9.17, 15) is 9.90 Å². The van der Waals surface area contributed by atoms with E-state index < -0.39 is 5.60 Å². The number of aryl methyl sites for hydroxylation is 1. The standard InChI is InChI=1S/C22H28N2O2/c1-22(2,26)13-12-17-8-7-9-18(16-17)21(25)24-15-6-4-11-20(24)19-10-3-5-14-23-19/h3,5,7-10,14,16,20,26H,4,6,11-13,15H2,1-2H3/t20-/m1/s1. The van der Waals surface area contributed by atoms with Gasteiger partial charge in [-0.15, -0.1) is 0 Å². The van der Waals surface area contributed by atoms with Crippen LogP contribution in [0, 0.1) is 0 Å². The van der Waals surface area contributed by atoms with Gasteiger partial charge in [0.05, 0.1) is 17.3 Å². The number of pyridine rings is 1. The molecule has 0 spiro atoms. The Morgan fingerprint density at radius 1 is 1.23 bits per heavy atom. The van der Waals surface area contributed by atoms with Crippen LogP contribution in [-0.2, 0) is 6.42 Å². The highest BCUT2D eigenvalue weighted by Gasteiger charge is 2.29. The molecule has 4 heteroatoms. The lowest BCUT2D eigenvalue weighted by atomic mass is 9.96. The van der Waals surface area contributed by atoms with Gasteiger partial charge >= 0.3 is 0 Å². The zero-order valence-electron chi connectivity index (χ0n) is 15.7. The lowest BCUT2D eigenvalue weighted by molar-refractivity contribution is 0.0606. The summed E-state index contributed by atoms with van der Waals surface area (Å²) in [5.74, 6) is 0.0745. The van der Waals surface area contributed by atoms with Crippen molar-refractivity contribution in [2.75, 3.05) is 6.54 Å². The summed E-state index contributed by atoms with van der Waals surface area (Å²) >= 11 is 0. The molecule has 0 saturated carbocycles. The van der Waals surface area contributed by atoms with E-state index in [0.29, 0.717) is 6.42 Å². The van der Waals surface area contributed by atoms with Crippen molar-refractivity contribution in [1.82, 2.24) is 9.88 Å². The Morgan fingerprint density at radius 3 is 2.81 bits per heavy atom. The number of hydrogen-bond donors (Lipinski definition) is 1. The molecule has 0 aliphatic carbocycles. The van der Waals surface area contributed by atoms with Crippen molar-refractivity contribution in [2.45, 2.75) is 57.6 Å². The molecule has 1 N–H and O–H groups in total. The highest BCUT2D eigenvalue weighted by Crippen LogP contribution is 2.31. The third-order valence-electron chi connectivity index (χ3n) is 4.99. The van der Waals surface area contributed by atoms with Crippen molar-refractivity contribution in [1.29, 1.82) is 0 Å². The summed E-state index contributed by atoms with van der Waals surface area (Å²) in [6, 6.07) is 13.8. The maximum atomic E-state index is 13.2. The van der Waals surface area contributed by atoms with Crippen LogP contribution < -0.4 is 0 Å². The molecule has 1 aliphatic rings. The number of benzene rings is 1. The van der Waals surface area contributed by atoms with Crippen molar-refractivity contribution in [3.8, 4) is 0 Å². The molecule has 1 aromatic heterocycles. The Hall–Kier alpha value is -2.20. The van der Waals surface area contributed by atoms with Gasteiger partial charge in [0.1, 0.15) is 0 Å². The van der Waals surface area contributed by atoms with Crippen molar-refractivity contribution in [3.05, 3.63) is 65.5 Å². The van der Waals surface area contributed by atoms with E-state index in [1.165, 1.54) is 0 Å². The molecule has 2 heterocycles. The van der Waals surface area contributed by atoms with Crippen LogP contribution in [0.1, 0.15) is 67.2 Å². The molecule has 4 nitrogen and oxygen atoms in total. The Kier molecular flexibility index (Phi) is 5.72. The molecule has 1 atom stereocenters. The first-order valence-corrected chi connectivity index (χ1v) is 9.47. The van der Waals surface area contributed by atoms with E-state index in [0.717, 1.165) is 49.0 Å². The zero-order chi connectivity index (χ0) is 18.6. The molecule has 1 amide bonds. The molecule has 0 bridgehead atoms. The minimum Gasteiger partial charge on any atom is -0.390 e. The van der Waals surface area contributed by atoms with Gasteiger partial charge in [-0.05, 0) is 75.8 Å². The predicted octanol–water partition coefficient (Wildman–Crippen LogP) is 4.15. The minimum atomic E-state index is -0.697. The Balaban J connectivity index is 1.79. The number of likely N-dealkylation sites (tertiary alicyclic amines) is 1. The molecule has 26 heavy (non-hydrogen) atoms. The monoisotopic (exact) mass is 352 g/mol. The first-order chi connectivity index (χ1) is 12.4. The zero-order valence-corrected chi connectivity index (χ0v) is 15.7. The van der Waals surface area contributed by atoms with Crippen LogP contribution in [0.15, 0.2) is 48.7 Å². The molecule has 1 fully saturated rings. The van der Waals surface area contributed by atoms with Gasteiger partial charge in [-0.3, -0.25) is 9.78 Å². The normalized spacial score (nSPS) is 18.0. The second-order valence-electron chi connectivity index (χ2n) is 7.78. The maximum Gasteiger partial charge on any atom is 0.254 e. The van der Waals surface area contributed by atoms with Crippen molar-refractivity contribution in [2.24, 2.45) is 0 Å². The van der Waals surface area contributed by atoms with Crippen molar-refractivity contribution < 1.29 is 9.90 Å². The summed E-state index contributed by atoms with van der Waals surface area (Å²) < 4.78 is 0. The summed E-state index contributed by atoms with van der Waals surface area (Å²) in [7, 11) is 0. The first-order valence-electron chi connectivity index (χ1n) is 9.47. The molecule has 1 aromatic carbocycles. The minimum absolute atomic E-state index is 0.0532. The van der Waals surface area contributed by atoms with Gasteiger partial charge in [0, 0.05) is 18.3 Å². The van der Waals surface area contributed by atoms with E-state index in [2.05, 4.69) is 4.98 Å². The van der Waals surface area contributed by atoms with Gasteiger partial charge in [0.25, 0.3) is 5.91 Å². The van der Waals surface area contributed by atoms with Crippen LogP contribution in [0.3, 0.4) is 0 Å². The van der Waals surface area contributed by atoms with Crippen molar-refractivity contribution in [3.63, 3.8) is 0 Å². The summed E-state index contributed by atoms with van der Waals surface area (Å²) in [6.07, 6.45) is 6.34. The fourth-order valence-electron chi connectivity index (χ4n) is 3.53. The van der Waals surface area contributed by atoms with Crippen LogP contribution in [-0.4, -0.2) is 33.0 Å². The van der Waals surface area contributed by atoms with Gasteiger partial charge < -0.3 is 10.0 Å².